The largest absolute Gasteiger partial charge is 0.489 e. The van der Waals surface area contributed by atoms with E-state index in [2.05, 4.69) is 5.32 Å². The van der Waals surface area contributed by atoms with Crippen molar-refractivity contribution in [3.63, 3.8) is 0 Å². The highest BCUT2D eigenvalue weighted by atomic mass is 35.5. The maximum Gasteiger partial charge on any atom is 0.266 e. The first-order chi connectivity index (χ1) is 14.5. The second-order valence-electron chi connectivity index (χ2n) is 6.19. The van der Waals surface area contributed by atoms with Crippen molar-refractivity contribution in [1.29, 1.82) is 5.26 Å². The van der Waals surface area contributed by atoms with Crippen molar-refractivity contribution in [2.24, 2.45) is 0 Å². The number of nitrogens with zero attached hydrogens (tertiary/aromatic N) is 1. The number of ether oxygens (including phenoxy) is 1. The summed E-state index contributed by atoms with van der Waals surface area (Å²) in [6.45, 7) is 0.223. The lowest BCUT2D eigenvalue weighted by Gasteiger charge is -2.09. The van der Waals surface area contributed by atoms with Gasteiger partial charge in [-0.3, -0.25) is 4.79 Å². The zero-order valence-corrected chi connectivity index (χ0v) is 17.8. The molecule has 0 saturated carbocycles. The Morgan fingerprint density at radius 2 is 1.60 bits per heavy atom. The molecule has 1 N–H and O–H groups in total. The van der Waals surface area contributed by atoms with Gasteiger partial charge < -0.3 is 10.1 Å². The molecule has 0 unspecified atom stereocenters. The van der Waals surface area contributed by atoms with Crippen LogP contribution in [0.1, 0.15) is 11.1 Å². The van der Waals surface area contributed by atoms with E-state index in [9.17, 15) is 10.1 Å². The molecule has 0 saturated heterocycles. The number of anilines is 1. The Bertz CT molecular complexity index is 1100. The Morgan fingerprint density at radius 1 is 0.967 bits per heavy atom. The minimum Gasteiger partial charge on any atom is -0.489 e. The molecule has 0 atom stereocenters. The van der Waals surface area contributed by atoms with Crippen LogP contribution in [-0.2, 0) is 11.4 Å². The highest BCUT2D eigenvalue weighted by Crippen LogP contribution is 2.26. The summed E-state index contributed by atoms with van der Waals surface area (Å²) < 4.78 is 5.73. The second kappa shape index (κ2) is 10.2. The second-order valence-corrected chi connectivity index (χ2v) is 7.44. The molecule has 0 spiro atoms. The van der Waals surface area contributed by atoms with Crippen molar-refractivity contribution < 1.29 is 9.53 Å². The lowest BCUT2D eigenvalue weighted by Crippen LogP contribution is -2.13. The van der Waals surface area contributed by atoms with Crippen LogP contribution in [0.2, 0.25) is 15.1 Å². The van der Waals surface area contributed by atoms with Crippen LogP contribution in [0.25, 0.3) is 6.08 Å². The summed E-state index contributed by atoms with van der Waals surface area (Å²) in [7, 11) is 0. The molecule has 0 aliphatic carbocycles. The Hall–Kier alpha value is -2.97. The molecule has 3 aromatic carbocycles. The van der Waals surface area contributed by atoms with Crippen molar-refractivity contribution in [1.82, 2.24) is 0 Å². The predicted molar refractivity (Wildman–Crippen MR) is 121 cm³/mol. The average Bonchev–Trinajstić information content (AvgIpc) is 2.74. The monoisotopic (exact) mass is 456 g/mol. The van der Waals surface area contributed by atoms with Crippen LogP contribution in [-0.4, -0.2) is 5.91 Å². The van der Waals surface area contributed by atoms with Crippen LogP contribution in [0.4, 0.5) is 5.69 Å². The summed E-state index contributed by atoms with van der Waals surface area (Å²) >= 11 is 18.1. The normalized spacial score (nSPS) is 10.9. The van der Waals surface area contributed by atoms with E-state index in [-0.39, 0.29) is 12.2 Å². The van der Waals surface area contributed by atoms with Gasteiger partial charge in [0.05, 0.1) is 0 Å². The Kier molecular flexibility index (Phi) is 7.37. The van der Waals surface area contributed by atoms with Gasteiger partial charge in [-0.05, 0) is 60.2 Å². The molecule has 0 aliphatic rings. The summed E-state index contributed by atoms with van der Waals surface area (Å²) in [5.74, 6) is 0.0979. The fraction of sp³-hybridized carbons (Fsp3) is 0.0435. The van der Waals surface area contributed by atoms with Gasteiger partial charge >= 0.3 is 0 Å². The van der Waals surface area contributed by atoms with Gasteiger partial charge in [0.2, 0.25) is 0 Å². The summed E-state index contributed by atoms with van der Waals surface area (Å²) in [5.41, 5.74) is 1.91. The highest BCUT2D eigenvalue weighted by molar-refractivity contribution is 6.36. The topological polar surface area (TPSA) is 62.1 Å². The maximum absolute atomic E-state index is 12.3. The number of hydrogen-bond acceptors (Lipinski definition) is 3. The quantitative estimate of drug-likeness (QED) is 0.328. The predicted octanol–water partition coefficient (Wildman–Crippen LogP) is 6.77. The average molecular weight is 458 g/mol. The Balaban J connectivity index is 1.66. The molecule has 0 aromatic heterocycles. The molecule has 0 aliphatic heterocycles. The van der Waals surface area contributed by atoms with E-state index in [0.29, 0.717) is 37.6 Å². The standard InChI is InChI=1S/C23H15Cl3N2O2/c24-17-6-8-18(9-7-17)28-23(29)16(13-27)12-15-4-10-19(11-5-15)30-14-20-21(25)2-1-3-22(20)26/h1-12H,14H2,(H,28,29)/b16-12+. The smallest absolute Gasteiger partial charge is 0.266 e. The van der Waals surface area contributed by atoms with E-state index in [1.807, 2.05) is 6.07 Å². The fourth-order valence-electron chi connectivity index (χ4n) is 2.53. The number of rotatable bonds is 6. The van der Waals surface area contributed by atoms with Crippen LogP contribution in [0.5, 0.6) is 5.75 Å². The molecule has 4 nitrogen and oxygen atoms in total. The molecule has 0 radical (unpaired) electrons. The molecule has 3 aromatic rings. The van der Waals surface area contributed by atoms with Crippen LogP contribution < -0.4 is 10.1 Å². The third-order valence-corrected chi connectivity index (χ3v) is 5.06. The van der Waals surface area contributed by atoms with Crippen molar-refractivity contribution >= 4 is 52.5 Å². The lowest BCUT2D eigenvalue weighted by molar-refractivity contribution is -0.112. The Morgan fingerprint density at radius 3 is 2.20 bits per heavy atom. The van der Waals surface area contributed by atoms with Crippen molar-refractivity contribution in [3.8, 4) is 11.8 Å². The van der Waals surface area contributed by atoms with E-state index in [0.717, 1.165) is 0 Å². The lowest BCUT2D eigenvalue weighted by atomic mass is 10.1. The molecule has 150 valence electrons. The highest BCUT2D eigenvalue weighted by Gasteiger charge is 2.10. The molecule has 30 heavy (non-hydrogen) atoms. The SMILES string of the molecule is N#C/C(=C\c1ccc(OCc2c(Cl)cccc2Cl)cc1)C(=O)Nc1ccc(Cl)cc1. The third-order valence-electron chi connectivity index (χ3n) is 4.10. The number of benzene rings is 3. The van der Waals surface area contributed by atoms with Gasteiger partial charge in [0.25, 0.3) is 5.91 Å². The number of nitrogens with one attached hydrogen (secondary N) is 1. The first-order valence-corrected chi connectivity index (χ1v) is 9.94. The first-order valence-electron chi connectivity index (χ1n) is 8.81. The summed E-state index contributed by atoms with van der Waals surface area (Å²) in [6, 6.07) is 20.8. The summed E-state index contributed by atoms with van der Waals surface area (Å²) in [6.07, 6.45) is 1.50. The van der Waals surface area contributed by atoms with Crippen LogP contribution in [0.15, 0.2) is 72.3 Å². The van der Waals surface area contributed by atoms with Crippen molar-refractivity contribution in [3.05, 3.63) is 98.5 Å². The molecule has 7 heteroatoms. The van der Waals surface area contributed by atoms with Gasteiger partial charge in [-0.25, -0.2) is 0 Å². The molecule has 0 fully saturated rings. The van der Waals surface area contributed by atoms with Gasteiger partial charge in [0.1, 0.15) is 24.0 Å². The van der Waals surface area contributed by atoms with E-state index >= 15 is 0 Å². The number of carbonyl (C=O) groups excluding carboxylic acids is 1. The van der Waals surface area contributed by atoms with Crippen LogP contribution in [0.3, 0.4) is 0 Å². The first kappa shape index (κ1) is 21.7. The van der Waals surface area contributed by atoms with Gasteiger partial charge in [0.15, 0.2) is 0 Å². The molecule has 0 bridgehead atoms. The maximum atomic E-state index is 12.3. The van der Waals surface area contributed by atoms with Gasteiger partial charge in [-0.1, -0.05) is 53.0 Å². The minimum absolute atomic E-state index is 0.0264. The van der Waals surface area contributed by atoms with Gasteiger partial charge in [-0.15, -0.1) is 0 Å². The van der Waals surface area contributed by atoms with E-state index < -0.39 is 5.91 Å². The summed E-state index contributed by atoms with van der Waals surface area (Å²) in [4.78, 5) is 12.3. The van der Waals surface area contributed by atoms with Gasteiger partial charge in [0, 0.05) is 26.3 Å². The number of amides is 1. The number of hydrogen-bond donors (Lipinski definition) is 1. The van der Waals surface area contributed by atoms with E-state index in [1.54, 1.807) is 66.7 Å². The molecule has 0 heterocycles. The van der Waals surface area contributed by atoms with Crippen molar-refractivity contribution in [2.45, 2.75) is 6.61 Å². The fourth-order valence-corrected chi connectivity index (χ4v) is 3.17. The molecule has 1 amide bonds. The number of carbonyl (C=O) groups is 1. The van der Waals surface area contributed by atoms with Gasteiger partial charge in [-0.2, -0.15) is 5.26 Å². The van der Waals surface area contributed by atoms with Crippen molar-refractivity contribution in [2.75, 3.05) is 5.32 Å². The van der Waals surface area contributed by atoms with E-state index in [4.69, 9.17) is 39.5 Å². The molecule has 3 rings (SSSR count). The summed E-state index contributed by atoms with van der Waals surface area (Å²) in [5, 5.41) is 13.6. The van der Waals surface area contributed by atoms with Crippen LogP contribution >= 0.6 is 34.8 Å². The molecular formula is C23H15Cl3N2O2. The minimum atomic E-state index is -0.506. The molecular weight excluding hydrogens is 443 g/mol. The van der Waals surface area contributed by atoms with E-state index in [1.165, 1.54) is 6.08 Å². The zero-order valence-electron chi connectivity index (χ0n) is 15.5. The van der Waals surface area contributed by atoms with Crippen LogP contribution in [0, 0.1) is 11.3 Å². The Labute approximate surface area is 189 Å². The number of halogens is 3. The zero-order chi connectivity index (χ0) is 21.5. The number of nitriles is 1. The third kappa shape index (κ3) is 5.77.